The molecule has 0 saturated carbocycles. The van der Waals surface area contributed by atoms with Crippen LogP contribution >= 0.6 is 0 Å². The van der Waals surface area contributed by atoms with E-state index in [0.717, 1.165) is 6.92 Å². The lowest BCUT2D eigenvalue weighted by Crippen LogP contribution is -2.17. The van der Waals surface area contributed by atoms with Crippen LogP contribution in [0.15, 0.2) is 6.20 Å². The van der Waals surface area contributed by atoms with Gasteiger partial charge in [0, 0.05) is 24.6 Å². The molecular formula is C12H20F2N2. The van der Waals surface area contributed by atoms with Gasteiger partial charge in [-0.05, 0) is 13.8 Å². The standard InChI is InChI=1S/C12H20F2N2/c1-8(2)16-7-9(11(3,4)5)15-10(16)12(6,13)14/h7-8H,1-6H3. The van der Waals surface area contributed by atoms with Crippen LogP contribution in [0.3, 0.4) is 0 Å². The Bertz CT molecular complexity index is 367. The van der Waals surface area contributed by atoms with Crippen molar-refractivity contribution in [2.75, 3.05) is 0 Å². The maximum absolute atomic E-state index is 13.4. The molecule has 1 rings (SSSR count). The third-order valence-corrected chi connectivity index (χ3v) is 2.45. The summed E-state index contributed by atoms with van der Waals surface area (Å²) in [4.78, 5) is 4.09. The first-order valence-electron chi connectivity index (χ1n) is 5.51. The molecule has 0 amide bonds. The first kappa shape index (κ1) is 13.1. The molecule has 0 N–H and O–H groups in total. The van der Waals surface area contributed by atoms with E-state index in [-0.39, 0.29) is 17.3 Å². The molecule has 0 aromatic carbocycles. The Morgan fingerprint density at radius 3 is 1.94 bits per heavy atom. The molecule has 0 atom stereocenters. The highest BCUT2D eigenvalue weighted by atomic mass is 19.3. The molecule has 1 aromatic heterocycles. The third-order valence-electron chi connectivity index (χ3n) is 2.45. The van der Waals surface area contributed by atoms with Gasteiger partial charge in [0.15, 0.2) is 5.82 Å². The molecule has 0 bridgehead atoms. The fourth-order valence-corrected chi connectivity index (χ4v) is 1.47. The normalized spacial score (nSPS) is 13.6. The Labute approximate surface area is 95.7 Å². The molecule has 0 aliphatic carbocycles. The van der Waals surface area contributed by atoms with E-state index in [2.05, 4.69) is 4.98 Å². The fraction of sp³-hybridized carbons (Fsp3) is 0.750. The minimum atomic E-state index is -2.90. The average Bonchev–Trinajstić information content (AvgIpc) is 2.44. The molecular weight excluding hydrogens is 210 g/mol. The van der Waals surface area contributed by atoms with E-state index in [1.165, 1.54) is 0 Å². The van der Waals surface area contributed by atoms with E-state index < -0.39 is 5.92 Å². The van der Waals surface area contributed by atoms with Crippen molar-refractivity contribution in [3.05, 3.63) is 17.7 Å². The molecule has 0 aliphatic rings. The van der Waals surface area contributed by atoms with Gasteiger partial charge in [0.2, 0.25) is 0 Å². The number of rotatable bonds is 2. The molecule has 16 heavy (non-hydrogen) atoms. The molecule has 1 aromatic rings. The molecule has 0 radical (unpaired) electrons. The summed E-state index contributed by atoms with van der Waals surface area (Å²) in [7, 11) is 0. The van der Waals surface area contributed by atoms with E-state index in [1.807, 2.05) is 34.6 Å². The summed E-state index contributed by atoms with van der Waals surface area (Å²) in [6, 6.07) is -0.00979. The summed E-state index contributed by atoms with van der Waals surface area (Å²) in [5, 5.41) is 0. The van der Waals surface area contributed by atoms with Crippen LogP contribution in [0, 0.1) is 0 Å². The highest BCUT2D eigenvalue weighted by Crippen LogP contribution is 2.31. The van der Waals surface area contributed by atoms with Gasteiger partial charge in [0.1, 0.15) is 0 Å². The number of nitrogens with zero attached hydrogens (tertiary/aromatic N) is 2. The maximum Gasteiger partial charge on any atom is 0.302 e. The zero-order valence-corrected chi connectivity index (χ0v) is 10.8. The van der Waals surface area contributed by atoms with Gasteiger partial charge >= 0.3 is 5.92 Å². The Morgan fingerprint density at radius 1 is 1.19 bits per heavy atom. The van der Waals surface area contributed by atoms with Crippen LogP contribution in [0.4, 0.5) is 8.78 Å². The first-order chi connectivity index (χ1) is 7.03. The van der Waals surface area contributed by atoms with E-state index >= 15 is 0 Å². The lowest BCUT2D eigenvalue weighted by Gasteiger charge is -2.15. The zero-order valence-electron chi connectivity index (χ0n) is 10.8. The van der Waals surface area contributed by atoms with Gasteiger partial charge in [-0.2, -0.15) is 8.78 Å². The lowest BCUT2D eigenvalue weighted by atomic mass is 9.93. The number of hydrogen-bond donors (Lipinski definition) is 0. The van der Waals surface area contributed by atoms with Crippen molar-refractivity contribution in [3.63, 3.8) is 0 Å². The van der Waals surface area contributed by atoms with Crippen LogP contribution in [0.5, 0.6) is 0 Å². The molecule has 92 valence electrons. The molecule has 2 nitrogen and oxygen atoms in total. The Balaban J connectivity index is 3.32. The molecule has 0 unspecified atom stereocenters. The van der Waals surface area contributed by atoms with Crippen molar-refractivity contribution in [1.29, 1.82) is 0 Å². The van der Waals surface area contributed by atoms with Crippen LogP contribution in [0.2, 0.25) is 0 Å². The van der Waals surface area contributed by atoms with Gasteiger partial charge < -0.3 is 4.57 Å². The largest absolute Gasteiger partial charge is 0.327 e. The fourth-order valence-electron chi connectivity index (χ4n) is 1.47. The van der Waals surface area contributed by atoms with E-state index in [9.17, 15) is 8.78 Å². The lowest BCUT2D eigenvalue weighted by molar-refractivity contribution is 0.00302. The van der Waals surface area contributed by atoms with Crippen LogP contribution in [0.25, 0.3) is 0 Å². The van der Waals surface area contributed by atoms with Crippen molar-refractivity contribution in [2.45, 2.75) is 58.9 Å². The van der Waals surface area contributed by atoms with E-state index in [1.54, 1.807) is 10.8 Å². The van der Waals surface area contributed by atoms with E-state index in [4.69, 9.17) is 0 Å². The summed E-state index contributed by atoms with van der Waals surface area (Å²) in [5.41, 5.74) is 0.498. The second-order valence-electron chi connectivity index (χ2n) is 5.59. The van der Waals surface area contributed by atoms with Crippen LogP contribution in [-0.4, -0.2) is 9.55 Å². The maximum atomic E-state index is 13.4. The molecule has 1 heterocycles. The van der Waals surface area contributed by atoms with Crippen LogP contribution in [-0.2, 0) is 11.3 Å². The third kappa shape index (κ3) is 2.60. The number of hydrogen-bond acceptors (Lipinski definition) is 1. The molecule has 0 fully saturated rings. The Morgan fingerprint density at radius 2 is 1.69 bits per heavy atom. The van der Waals surface area contributed by atoms with Gasteiger partial charge in [-0.3, -0.25) is 0 Å². The minimum absolute atomic E-state index is 0.00979. The summed E-state index contributed by atoms with van der Waals surface area (Å²) in [6.45, 7) is 10.6. The highest BCUT2D eigenvalue weighted by Gasteiger charge is 2.33. The van der Waals surface area contributed by atoms with Gasteiger partial charge in [0.25, 0.3) is 0 Å². The van der Waals surface area contributed by atoms with Gasteiger partial charge in [-0.15, -0.1) is 0 Å². The first-order valence-corrected chi connectivity index (χ1v) is 5.51. The minimum Gasteiger partial charge on any atom is -0.327 e. The summed E-state index contributed by atoms with van der Waals surface area (Å²) in [6.07, 6.45) is 1.73. The van der Waals surface area contributed by atoms with Crippen molar-refractivity contribution >= 4 is 0 Å². The summed E-state index contributed by atoms with van der Waals surface area (Å²) in [5.74, 6) is -3.04. The number of halogens is 2. The predicted octanol–water partition coefficient (Wildman–Crippen LogP) is 3.87. The zero-order chi connectivity index (χ0) is 12.7. The second kappa shape index (κ2) is 3.82. The topological polar surface area (TPSA) is 17.8 Å². The monoisotopic (exact) mass is 230 g/mol. The second-order valence-corrected chi connectivity index (χ2v) is 5.59. The van der Waals surface area contributed by atoms with Crippen molar-refractivity contribution in [1.82, 2.24) is 9.55 Å². The van der Waals surface area contributed by atoms with Crippen molar-refractivity contribution in [3.8, 4) is 0 Å². The van der Waals surface area contributed by atoms with Gasteiger partial charge in [-0.25, -0.2) is 4.98 Å². The van der Waals surface area contributed by atoms with Crippen LogP contribution < -0.4 is 0 Å². The average molecular weight is 230 g/mol. The SMILES string of the molecule is CC(C)n1cc(C(C)(C)C)nc1C(C)(F)F. The molecule has 4 heteroatoms. The number of aromatic nitrogens is 2. The number of imidazole rings is 1. The van der Waals surface area contributed by atoms with E-state index in [0.29, 0.717) is 5.69 Å². The smallest absolute Gasteiger partial charge is 0.302 e. The summed E-state index contributed by atoms with van der Waals surface area (Å²) < 4.78 is 28.3. The molecule has 0 saturated heterocycles. The summed E-state index contributed by atoms with van der Waals surface area (Å²) >= 11 is 0. The van der Waals surface area contributed by atoms with Crippen LogP contribution in [0.1, 0.15) is 59.1 Å². The Kier molecular flexibility index (Phi) is 3.14. The highest BCUT2D eigenvalue weighted by molar-refractivity contribution is 5.16. The number of alkyl halides is 2. The molecule has 0 aliphatic heterocycles. The van der Waals surface area contributed by atoms with Crippen molar-refractivity contribution < 1.29 is 8.78 Å². The quantitative estimate of drug-likeness (QED) is 0.754. The molecule has 0 spiro atoms. The Hall–Kier alpha value is -0.930. The van der Waals surface area contributed by atoms with Crippen molar-refractivity contribution in [2.24, 2.45) is 0 Å². The predicted molar refractivity (Wildman–Crippen MR) is 60.9 cm³/mol. The van der Waals surface area contributed by atoms with Gasteiger partial charge in [-0.1, -0.05) is 20.8 Å². The van der Waals surface area contributed by atoms with Gasteiger partial charge in [0.05, 0.1) is 5.69 Å².